The molecule has 0 aromatic carbocycles. The molecule has 0 saturated heterocycles. The normalized spacial score (nSPS) is 14.4. The second kappa shape index (κ2) is 12.8. The Balaban J connectivity index is 0.000000414. The summed E-state index contributed by atoms with van der Waals surface area (Å²) < 4.78 is 13.7. The van der Waals surface area contributed by atoms with Crippen molar-refractivity contribution in [2.24, 2.45) is 7.05 Å². The Morgan fingerprint density at radius 3 is 2.67 bits per heavy atom. The number of rotatable bonds is 9. The summed E-state index contributed by atoms with van der Waals surface area (Å²) >= 11 is 0. The number of hydrogen-bond donors (Lipinski definition) is 3. The molecule has 3 heterocycles. The number of unbranched alkanes of at least 4 members (excludes halogenated alkanes) is 1. The van der Waals surface area contributed by atoms with Crippen molar-refractivity contribution in [3.63, 3.8) is 0 Å². The van der Waals surface area contributed by atoms with E-state index in [0.717, 1.165) is 30.2 Å². The fourth-order valence-corrected chi connectivity index (χ4v) is 2.65. The number of carbonyl (C=O) groups is 2. The lowest BCUT2D eigenvalue weighted by Gasteiger charge is -2.25. The lowest BCUT2D eigenvalue weighted by molar-refractivity contribution is -0.134. The molecule has 0 amide bonds. The number of carboxylic acids is 2. The van der Waals surface area contributed by atoms with Crippen molar-refractivity contribution in [2.45, 2.75) is 25.5 Å². The van der Waals surface area contributed by atoms with E-state index in [4.69, 9.17) is 19.7 Å². The van der Waals surface area contributed by atoms with Crippen molar-refractivity contribution in [3.8, 4) is 11.6 Å². The monoisotopic (exact) mass is 463 g/mol. The Labute approximate surface area is 187 Å². The summed E-state index contributed by atoms with van der Waals surface area (Å²) in [7, 11) is 1.45. The van der Waals surface area contributed by atoms with Gasteiger partial charge in [-0.15, -0.1) is 0 Å². The first-order chi connectivity index (χ1) is 15.8. The maximum absolute atomic E-state index is 11.8. The highest BCUT2D eigenvalue weighted by atomic mass is 16.6. The molecule has 0 fully saturated rings. The molecule has 3 N–H and O–H groups in total. The first-order valence-electron chi connectivity index (χ1n) is 10.00. The average molecular weight is 463 g/mol. The maximum atomic E-state index is 11.8. The standard InChI is InChI=1S/C16H21N5O4.C4H4O4/c1-20-14(22)10-19-21(16(20)23)8-3-2-6-17-9-12-11-24-15-13(25-12)5-4-7-18-15;5-3(6)1-2-4(7)8/h4-5,7,10,12,17H,2-3,6,8-9,11H2,1H3;1-2H,(H,5,6)(H,7,8). The zero-order valence-corrected chi connectivity index (χ0v) is 17.9. The SMILES string of the molecule is Cn1c(=O)cnn(CCCCNCC2COc3ncccc3O2)c1=O.O=C(O)C=CC(=O)O. The van der Waals surface area contributed by atoms with E-state index >= 15 is 0 Å². The first kappa shape index (κ1) is 25.3. The van der Waals surface area contributed by atoms with Crippen LogP contribution in [0.1, 0.15) is 12.8 Å². The number of ether oxygens (including phenoxy) is 2. The molecule has 13 nitrogen and oxygen atoms in total. The molecule has 2 aromatic rings. The summed E-state index contributed by atoms with van der Waals surface area (Å²) in [5, 5.41) is 22.8. The molecule has 0 spiro atoms. The van der Waals surface area contributed by atoms with E-state index in [1.165, 1.54) is 11.7 Å². The van der Waals surface area contributed by atoms with E-state index in [9.17, 15) is 19.2 Å². The van der Waals surface area contributed by atoms with Crippen LogP contribution in [0.5, 0.6) is 11.6 Å². The number of fused-ring (bicyclic) bond motifs is 1. The van der Waals surface area contributed by atoms with E-state index in [1.807, 2.05) is 12.1 Å². The van der Waals surface area contributed by atoms with Crippen LogP contribution in [-0.2, 0) is 23.2 Å². The Hall–Kier alpha value is -4.00. The van der Waals surface area contributed by atoms with Crippen LogP contribution in [-0.4, -0.2) is 67.3 Å². The van der Waals surface area contributed by atoms with E-state index in [-0.39, 0.29) is 11.8 Å². The topological polar surface area (TPSA) is 175 Å². The van der Waals surface area contributed by atoms with Crippen molar-refractivity contribution in [3.05, 3.63) is 57.5 Å². The predicted molar refractivity (Wildman–Crippen MR) is 114 cm³/mol. The molecule has 1 unspecified atom stereocenters. The highest BCUT2D eigenvalue weighted by molar-refractivity contribution is 5.89. The molecule has 13 heteroatoms. The lowest BCUT2D eigenvalue weighted by Crippen LogP contribution is -2.39. The van der Waals surface area contributed by atoms with Gasteiger partial charge in [-0.3, -0.25) is 9.36 Å². The summed E-state index contributed by atoms with van der Waals surface area (Å²) in [6.07, 6.45) is 5.56. The quantitative estimate of drug-likeness (QED) is 0.315. The van der Waals surface area contributed by atoms with Gasteiger partial charge < -0.3 is 25.0 Å². The summed E-state index contributed by atoms with van der Waals surface area (Å²) in [4.78, 5) is 46.3. The molecule has 1 atom stereocenters. The number of aliphatic carboxylic acids is 2. The Morgan fingerprint density at radius 1 is 1.24 bits per heavy atom. The zero-order valence-electron chi connectivity index (χ0n) is 17.9. The molecule has 2 aromatic heterocycles. The molecule has 0 radical (unpaired) electrons. The summed E-state index contributed by atoms with van der Waals surface area (Å²) in [5.74, 6) is -1.31. The van der Waals surface area contributed by atoms with Gasteiger partial charge in [0.2, 0.25) is 0 Å². The van der Waals surface area contributed by atoms with E-state index in [2.05, 4.69) is 15.4 Å². The molecule has 0 bridgehead atoms. The van der Waals surface area contributed by atoms with Crippen molar-refractivity contribution >= 4 is 11.9 Å². The van der Waals surface area contributed by atoms with Gasteiger partial charge in [0.15, 0.2) is 5.75 Å². The van der Waals surface area contributed by atoms with E-state index in [0.29, 0.717) is 43.5 Å². The van der Waals surface area contributed by atoms with Crippen LogP contribution in [0.15, 0.2) is 46.3 Å². The molecule has 0 aliphatic carbocycles. The second-order valence-electron chi connectivity index (χ2n) is 6.83. The van der Waals surface area contributed by atoms with Gasteiger partial charge in [0.1, 0.15) is 18.9 Å². The Morgan fingerprint density at radius 2 is 1.97 bits per heavy atom. The molecule has 1 aliphatic rings. The molecule has 178 valence electrons. The van der Waals surface area contributed by atoms with Gasteiger partial charge in [-0.25, -0.2) is 24.0 Å². The largest absolute Gasteiger partial charge is 0.480 e. The number of aromatic nitrogens is 4. The number of pyridine rings is 1. The highest BCUT2D eigenvalue weighted by Crippen LogP contribution is 2.27. The van der Waals surface area contributed by atoms with Crippen LogP contribution in [0, 0.1) is 0 Å². The third-order valence-corrected chi connectivity index (χ3v) is 4.30. The molecular weight excluding hydrogens is 438 g/mol. The number of hydrogen-bond acceptors (Lipinski definition) is 9. The van der Waals surface area contributed by atoms with Gasteiger partial charge in [-0.1, -0.05) is 0 Å². The van der Waals surface area contributed by atoms with Gasteiger partial charge in [-0.05, 0) is 31.5 Å². The van der Waals surface area contributed by atoms with Gasteiger partial charge in [-0.2, -0.15) is 5.10 Å². The van der Waals surface area contributed by atoms with E-state index < -0.39 is 17.5 Å². The maximum Gasteiger partial charge on any atom is 0.347 e. The molecule has 33 heavy (non-hydrogen) atoms. The van der Waals surface area contributed by atoms with Crippen LogP contribution in [0.25, 0.3) is 0 Å². The summed E-state index contributed by atoms with van der Waals surface area (Å²) in [6, 6.07) is 3.65. The van der Waals surface area contributed by atoms with Crippen molar-refractivity contribution in [1.29, 1.82) is 0 Å². The summed E-state index contributed by atoms with van der Waals surface area (Å²) in [5.41, 5.74) is -0.783. The number of nitrogens with zero attached hydrogens (tertiary/aromatic N) is 4. The average Bonchev–Trinajstić information content (AvgIpc) is 2.80. The van der Waals surface area contributed by atoms with Crippen molar-refractivity contribution in [1.82, 2.24) is 24.6 Å². The van der Waals surface area contributed by atoms with Crippen LogP contribution in [0.2, 0.25) is 0 Å². The Kier molecular flexibility index (Phi) is 9.77. The van der Waals surface area contributed by atoms with Gasteiger partial charge in [0.05, 0.1) is 0 Å². The predicted octanol–water partition coefficient (Wildman–Crippen LogP) is -0.741. The van der Waals surface area contributed by atoms with E-state index in [1.54, 1.807) is 6.20 Å². The van der Waals surface area contributed by atoms with Crippen molar-refractivity contribution in [2.75, 3.05) is 19.7 Å². The third kappa shape index (κ3) is 8.57. The van der Waals surface area contributed by atoms with Gasteiger partial charge in [0, 0.05) is 38.5 Å². The fourth-order valence-electron chi connectivity index (χ4n) is 2.65. The number of aryl methyl sites for hydroxylation is 1. The minimum absolute atomic E-state index is 0.0513. The van der Waals surface area contributed by atoms with Crippen LogP contribution in [0.4, 0.5) is 0 Å². The minimum atomic E-state index is -1.26. The smallest absolute Gasteiger partial charge is 0.347 e. The third-order valence-electron chi connectivity index (χ3n) is 4.30. The second-order valence-corrected chi connectivity index (χ2v) is 6.83. The fraction of sp³-hybridized carbons (Fsp3) is 0.400. The van der Waals surface area contributed by atoms with Crippen molar-refractivity contribution < 1.29 is 29.3 Å². The van der Waals surface area contributed by atoms with Crippen LogP contribution < -0.4 is 26.0 Å². The number of carboxylic acid groups (broad SMARTS) is 2. The highest BCUT2D eigenvalue weighted by Gasteiger charge is 2.20. The molecular formula is C20H25N5O8. The minimum Gasteiger partial charge on any atom is -0.480 e. The summed E-state index contributed by atoms with van der Waals surface area (Å²) in [6.45, 7) is 2.41. The molecule has 1 aliphatic heterocycles. The zero-order chi connectivity index (χ0) is 24.2. The van der Waals surface area contributed by atoms with Gasteiger partial charge in [0.25, 0.3) is 11.4 Å². The molecule has 3 rings (SSSR count). The Bertz CT molecular complexity index is 1080. The van der Waals surface area contributed by atoms with Crippen LogP contribution in [0.3, 0.4) is 0 Å². The molecule has 0 saturated carbocycles. The number of nitrogens with one attached hydrogen (secondary N) is 1. The lowest BCUT2D eigenvalue weighted by atomic mass is 10.3. The van der Waals surface area contributed by atoms with Gasteiger partial charge >= 0.3 is 17.6 Å². The first-order valence-corrected chi connectivity index (χ1v) is 10.00. The van der Waals surface area contributed by atoms with Crippen LogP contribution >= 0.6 is 0 Å².